The van der Waals surface area contributed by atoms with Gasteiger partial charge in [-0.15, -0.1) is 0 Å². The maximum atomic E-state index is 11.7. The number of hydrogen-bond acceptors (Lipinski definition) is 4. The van der Waals surface area contributed by atoms with Crippen molar-refractivity contribution in [1.82, 2.24) is 15.5 Å². The molecule has 1 heterocycles. The summed E-state index contributed by atoms with van der Waals surface area (Å²) in [4.78, 5) is 14.2. The quantitative estimate of drug-likeness (QED) is 0.672. The molecule has 0 bridgehead atoms. The van der Waals surface area contributed by atoms with Crippen LogP contribution in [-0.4, -0.2) is 50.7 Å². The zero-order chi connectivity index (χ0) is 15.6. The third kappa shape index (κ3) is 6.13. The molecule has 1 amide bonds. The summed E-state index contributed by atoms with van der Waals surface area (Å²) in [6, 6.07) is 8.49. The van der Waals surface area contributed by atoms with Gasteiger partial charge in [0.05, 0.1) is 13.2 Å². The first-order valence-corrected chi connectivity index (χ1v) is 8.04. The molecule has 0 aromatic heterocycles. The maximum absolute atomic E-state index is 11.7. The van der Waals surface area contributed by atoms with E-state index in [0.717, 1.165) is 12.1 Å². The summed E-state index contributed by atoms with van der Waals surface area (Å²) >= 11 is 0. The van der Waals surface area contributed by atoms with Gasteiger partial charge in [-0.2, -0.15) is 0 Å². The van der Waals surface area contributed by atoms with Crippen LogP contribution in [0.4, 0.5) is 0 Å². The Labute approximate surface area is 133 Å². The maximum Gasteiger partial charge on any atom is 0.234 e. The number of likely N-dealkylation sites (tertiary alicyclic amines) is 1. The molecule has 5 heteroatoms. The van der Waals surface area contributed by atoms with E-state index in [1.54, 1.807) is 7.11 Å². The highest BCUT2D eigenvalue weighted by Gasteiger charge is 2.11. The summed E-state index contributed by atoms with van der Waals surface area (Å²) in [6.07, 6.45) is 2.62. The van der Waals surface area contributed by atoms with Gasteiger partial charge in [-0.1, -0.05) is 24.3 Å². The fourth-order valence-electron chi connectivity index (χ4n) is 2.68. The van der Waals surface area contributed by atoms with Gasteiger partial charge in [0.15, 0.2) is 0 Å². The average molecular weight is 305 g/mol. The van der Waals surface area contributed by atoms with Crippen molar-refractivity contribution in [3.05, 3.63) is 35.4 Å². The molecule has 1 aromatic carbocycles. The predicted molar refractivity (Wildman–Crippen MR) is 87.5 cm³/mol. The summed E-state index contributed by atoms with van der Waals surface area (Å²) in [6.45, 7) is 5.64. The van der Waals surface area contributed by atoms with Crippen LogP contribution >= 0.6 is 0 Å². The predicted octanol–water partition coefficient (Wildman–Crippen LogP) is 1.13. The van der Waals surface area contributed by atoms with Gasteiger partial charge in [0.1, 0.15) is 0 Å². The van der Waals surface area contributed by atoms with Crippen LogP contribution in [0.25, 0.3) is 0 Å². The van der Waals surface area contributed by atoms with Crippen molar-refractivity contribution in [2.75, 3.05) is 39.9 Å². The fraction of sp³-hybridized carbons (Fsp3) is 0.588. The van der Waals surface area contributed by atoms with E-state index in [0.29, 0.717) is 26.2 Å². The van der Waals surface area contributed by atoms with Crippen molar-refractivity contribution in [3.8, 4) is 0 Å². The Hall–Kier alpha value is -1.43. The Morgan fingerprint density at radius 3 is 2.82 bits per heavy atom. The Kier molecular flexibility index (Phi) is 7.36. The third-order valence-electron chi connectivity index (χ3n) is 3.85. The number of methoxy groups -OCH3 is 1. The Morgan fingerprint density at radius 2 is 2.05 bits per heavy atom. The molecule has 0 aliphatic carbocycles. The van der Waals surface area contributed by atoms with Crippen molar-refractivity contribution < 1.29 is 9.53 Å². The highest BCUT2D eigenvalue weighted by Crippen LogP contribution is 2.13. The first-order valence-electron chi connectivity index (χ1n) is 8.04. The molecule has 122 valence electrons. The van der Waals surface area contributed by atoms with Gasteiger partial charge in [-0.05, 0) is 37.1 Å². The summed E-state index contributed by atoms with van der Waals surface area (Å²) < 4.78 is 4.92. The minimum absolute atomic E-state index is 0.0149. The van der Waals surface area contributed by atoms with E-state index >= 15 is 0 Å². The van der Waals surface area contributed by atoms with Crippen LogP contribution in [0.1, 0.15) is 24.0 Å². The lowest BCUT2D eigenvalue weighted by molar-refractivity contribution is -0.120. The van der Waals surface area contributed by atoms with Crippen molar-refractivity contribution >= 4 is 5.91 Å². The number of nitrogens with zero attached hydrogens (tertiary/aromatic N) is 1. The van der Waals surface area contributed by atoms with Crippen LogP contribution in [0.3, 0.4) is 0 Å². The number of carbonyl (C=O) groups is 1. The molecule has 22 heavy (non-hydrogen) atoms. The van der Waals surface area contributed by atoms with Crippen LogP contribution in [-0.2, 0) is 22.6 Å². The normalized spacial score (nSPS) is 15.1. The van der Waals surface area contributed by atoms with Crippen LogP contribution in [0.5, 0.6) is 0 Å². The number of ether oxygens (including phenoxy) is 1. The zero-order valence-electron chi connectivity index (χ0n) is 13.4. The highest BCUT2D eigenvalue weighted by atomic mass is 16.5. The summed E-state index contributed by atoms with van der Waals surface area (Å²) in [5, 5.41) is 5.98. The molecule has 0 radical (unpaired) electrons. The number of nitrogens with one attached hydrogen (secondary N) is 2. The van der Waals surface area contributed by atoms with Gasteiger partial charge in [-0.3, -0.25) is 9.69 Å². The number of rotatable bonds is 9. The van der Waals surface area contributed by atoms with Gasteiger partial charge >= 0.3 is 0 Å². The van der Waals surface area contributed by atoms with Crippen molar-refractivity contribution in [2.45, 2.75) is 25.9 Å². The molecule has 0 saturated carbocycles. The number of amides is 1. The van der Waals surface area contributed by atoms with Crippen molar-refractivity contribution in [1.29, 1.82) is 0 Å². The molecule has 2 N–H and O–H groups in total. The van der Waals surface area contributed by atoms with E-state index in [1.807, 2.05) is 0 Å². The number of benzene rings is 1. The highest BCUT2D eigenvalue weighted by molar-refractivity contribution is 5.77. The molecule has 0 atom stereocenters. The van der Waals surface area contributed by atoms with Gasteiger partial charge in [0.25, 0.3) is 0 Å². The van der Waals surface area contributed by atoms with Crippen LogP contribution in [0.2, 0.25) is 0 Å². The molecule has 1 fully saturated rings. The molecule has 0 unspecified atom stereocenters. The van der Waals surface area contributed by atoms with Crippen LogP contribution < -0.4 is 10.6 Å². The largest absolute Gasteiger partial charge is 0.383 e. The van der Waals surface area contributed by atoms with Crippen molar-refractivity contribution in [2.24, 2.45) is 0 Å². The second-order valence-corrected chi connectivity index (χ2v) is 5.75. The molecule has 2 rings (SSSR count). The minimum Gasteiger partial charge on any atom is -0.383 e. The Morgan fingerprint density at radius 1 is 1.27 bits per heavy atom. The molecule has 1 saturated heterocycles. The lowest BCUT2D eigenvalue weighted by atomic mass is 10.1. The summed E-state index contributed by atoms with van der Waals surface area (Å²) in [5.74, 6) is 0.0149. The summed E-state index contributed by atoms with van der Waals surface area (Å²) in [7, 11) is 1.65. The van der Waals surface area contributed by atoms with Crippen LogP contribution in [0, 0.1) is 0 Å². The van der Waals surface area contributed by atoms with Gasteiger partial charge in [0, 0.05) is 26.7 Å². The average Bonchev–Trinajstić information content (AvgIpc) is 3.03. The van der Waals surface area contributed by atoms with E-state index in [-0.39, 0.29) is 5.91 Å². The SMILES string of the molecule is COCCNCC(=O)NCc1cccc(CN2CCCC2)c1. The molecule has 1 aliphatic rings. The van der Waals surface area contributed by atoms with Crippen molar-refractivity contribution in [3.63, 3.8) is 0 Å². The molecule has 1 aliphatic heterocycles. The van der Waals surface area contributed by atoms with Gasteiger partial charge in [-0.25, -0.2) is 0 Å². The second-order valence-electron chi connectivity index (χ2n) is 5.75. The van der Waals surface area contributed by atoms with E-state index in [9.17, 15) is 4.79 Å². The monoisotopic (exact) mass is 305 g/mol. The molecular weight excluding hydrogens is 278 g/mol. The van der Waals surface area contributed by atoms with Crippen LogP contribution in [0.15, 0.2) is 24.3 Å². The van der Waals surface area contributed by atoms with E-state index in [4.69, 9.17) is 4.74 Å². The smallest absolute Gasteiger partial charge is 0.234 e. The molecule has 5 nitrogen and oxygen atoms in total. The third-order valence-corrected chi connectivity index (χ3v) is 3.85. The van der Waals surface area contributed by atoms with E-state index < -0.39 is 0 Å². The first-order chi connectivity index (χ1) is 10.8. The topological polar surface area (TPSA) is 53.6 Å². The van der Waals surface area contributed by atoms with Gasteiger partial charge < -0.3 is 15.4 Å². The molecular formula is C17H27N3O2. The molecule has 0 spiro atoms. The Balaban J connectivity index is 1.71. The zero-order valence-corrected chi connectivity index (χ0v) is 13.4. The Bertz CT molecular complexity index is 459. The van der Waals surface area contributed by atoms with E-state index in [2.05, 4.69) is 39.8 Å². The van der Waals surface area contributed by atoms with E-state index in [1.165, 1.54) is 31.5 Å². The number of carbonyl (C=O) groups excluding carboxylic acids is 1. The minimum atomic E-state index is 0.0149. The molecule has 1 aromatic rings. The fourth-order valence-corrected chi connectivity index (χ4v) is 2.68. The second kappa shape index (κ2) is 9.56. The summed E-state index contributed by atoms with van der Waals surface area (Å²) in [5.41, 5.74) is 2.48. The number of hydrogen-bond donors (Lipinski definition) is 2. The lowest BCUT2D eigenvalue weighted by Gasteiger charge is -2.15. The lowest BCUT2D eigenvalue weighted by Crippen LogP contribution is -2.34. The standard InChI is InChI=1S/C17H27N3O2/c1-22-10-7-18-13-17(21)19-12-15-5-4-6-16(11-15)14-20-8-2-3-9-20/h4-6,11,18H,2-3,7-10,12-14H2,1H3,(H,19,21). The first kappa shape index (κ1) is 16.9. The van der Waals surface area contributed by atoms with Gasteiger partial charge in [0.2, 0.25) is 5.91 Å².